The van der Waals surface area contributed by atoms with Crippen molar-refractivity contribution in [3.8, 4) is 5.69 Å². The molecule has 118 valence electrons. The number of aliphatic hydroxyl groups excluding tert-OH is 1. The number of piperidine rings is 1. The summed E-state index contributed by atoms with van der Waals surface area (Å²) < 4.78 is 14.5. The first kappa shape index (κ1) is 15.1. The van der Waals surface area contributed by atoms with Crippen molar-refractivity contribution in [1.82, 2.24) is 19.9 Å². The van der Waals surface area contributed by atoms with Gasteiger partial charge in [-0.05, 0) is 43.7 Å². The second kappa shape index (κ2) is 6.12. The van der Waals surface area contributed by atoms with E-state index >= 15 is 0 Å². The second-order valence-corrected chi connectivity index (χ2v) is 5.83. The van der Waals surface area contributed by atoms with E-state index in [4.69, 9.17) is 0 Å². The van der Waals surface area contributed by atoms with Crippen molar-refractivity contribution in [1.29, 1.82) is 0 Å². The van der Waals surface area contributed by atoms with E-state index in [9.17, 15) is 14.6 Å². The smallest absolute Gasteiger partial charge is 0.123 e. The molecular weight excluding hydrogens is 287 g/mol. The third kappa shape index (κ3) is 3.32. The maximum atomic E-state index is 12.9. The second-order valence-electron chi connectivity index (χ2n) is 5.83. The number of halogens is 1. The summed E-state index contributed by atoms with van der Waals surface area (Å²) in [4.78, 5) is 2.05. The zero-order chi connectivity index (χ0) is 15.6. The molecule has 2 aromatic rings. The predicted molar refractivity (Wildman–Crippen MR) is 77.9 cm³/mol. The molecule has 1 aliphatic rings. The molecule has 6 nitrogen and oxygen atoms in total. The van der Waals surface area contributed by atoms with Crippen LogP contribution in [0.5, 0.6) is 0 Å². The van der Waals surface area contributed by atoms with E-state index in [1.165, 1.54) is 12.1 Å². The lowest BCUT2D eigenvalue weighted by atomic mass is 9.94. The molecule has 0 saturated carbocycles. The van der Waals surface area contributed by atoms with Gasteiger partial charge in [-0.25, -0.2) is 9.07 Å². The summed E-state index contributed by atoms with van der Waals surface area (Å²) in [6.07, 6.45) is 3.24. The number of hydrogen-bond acceptors (Lipinski definition) is 5. The molecule has 22 heavy (non-hydrogen) atoms. The molecule has 1 atom stereocenters. The number of likely N-dealkylation sites (tertiary alicyclic amines) is 1. The molecule has 0 bridgehead atoms. The van der Waals surface area contributed by atoms with Crippen molar-refractivity contribution >= 4 is 0 Å². The van der Waals surface area contributed by atoms with Gasteiger partial charge in [0.05, 0.1) is 24.2 Å². The average molecular weight is 306 g/mol. The number of hydrogen-bond donors (Lipinski definition) is 2. The first-order chi connectivity index (χ1) is 10.6. The van der Waals surface area contributed by atoms with Gasteiger partial charge < -0.3 is 10.2 Å². The SMILES string of the molecule is OCC1(O)CCCN(Cc2cn(-c3ccc(F)cc3)nn2)C1. The number of rotatable bonds is 4. The van der Waals surface area contributed by atoms with Crippen LogP contribution >= 0.6 is 0 Å². The van der Waals surface area contributed by atoms with E-state index in [0.717, 1.165) is 24.3 Å². The Hall–Kier alpha value is -1.83. The molecule has 7 heteroatoms. The van der Waals surface area contributed by atoms with Crippen LogP contribution in [0.4, 0.5) is 4.39 Å². The van der Waals surface area contributed by atoms with E-state index < -0.39 is 5.60 Å². The van der Waals surface area contributed by atoms with Gasteiger partial charge in [0.2, 0.25) is 0 Å². The highest BCUT2D eigenvalue weighted by atomic mass is 19.1. The van der Waals surface area contributed by atoms with E-state index in [0.29, 0.717) is 19.5 Å². The van der Waals surface area contributed by atoms with Crippen LogP contribution in [0.1, 0.15) is 18.5 Å². The molecule has 1 saturated heterocycles. The van der Waals surface area contributed by atoms with Crippen LogP contribution in [-0.4, -0.2) is 55.4 Å². The van der Waals surface area contributed by atoms with Gasteiger partial charge in [0.1, 0.15) is 11.4 Å². The summed E-state index contributed by atoms with van der Waals surface area (Å²) in [6.45, 7) is 1.61. The zero-order valence-corrected chi connectivity index (χ0v) is 12.2. The summed E-state index contributed by atoms with van der Waals surface area (Å²) in [7, 11) is 0. The molecule has 2 heterocycles. The summed E-state index contributed by atoms with van der Waals surface area (Å²) in [5.41, 5.74) is 0.489. The maximum absolute atomic E-state index is 12.9. The normalized spacial score (nSPS) is 22.9. The van der Waals surface area contributed by atoms with E-state index in [1.54, 1.807) is 23.0 Å². The highest BCUT2D eigenvalue weighted by Gasteiger charge is 2.32. The Labute approximate surface area is 127 Å². The van der Waals surface area contributed by atoms with Crippen molar-refractivity contribution < 1.29 is 14.6 Å². The van der Waals surface area contributed by atoms with Crippen molar-refractivity contribution in [3.63, 3.8) is 0 Å². The molecule has 1 aromatic carbocycles. The Morgan fingerprint density at radius 3 is 2.77 bits per heavy atom. The Morgan fingerprint density at radius 2 is 2.05 bits per heavy atom. The van der Waals surface area contributed by atoms with Gasteiger partial charge in [-0.2, -0.15) is 0 Å². The lowest BCUT2D eigenvalue weighted by Crippen LogP contribution is -2.50. The van der Waals surface area contributed by atoms with Crippen molar-refractivity contribution in [3.05, 3.63) is 42.0 Å². The zero-order valence-electron chi connectivity index (χ0n) is 12.2. The van der Waals surface area contributed by atoms with Gasteiger partial charge in [0, 0.05) is 13.1 Å². The minimum Gasteiger partial charge on any atom is -0.393 e. The van der Waals surface area contributed by atoms with Crippen LogP contribution in [0.2, 0.25) is 0 Å². The minimum absolute atomic E-state index is 0.230. The van der Waals surface area contributed by atoms with E-state index in [-0.39, 0.29) is 12.4 Å². The highest BCUT2D eigenvalue weighted by Crippen LogP contribution is 2.21. The molecule has 0 spiro atoms. The first-order valence-corrected chi connectivity index (χ1v) is 7.31. The van der Waals surface area contributed by atoms with Crippen LogP contribution in [0, 0.1) is 5.82 Å². The number of benzene rings is 1. The molecule has 1 aromatic heterocycles. The predicted octanol–water partition coefficient (Wildman–Crippen LogP) is 0.726. The number of aromatic nitrogens is 3. The number of β-amino-alcohol motifs (C(OH)–C–C–N with tert-alkyl or cyclic N) is 1. The lowest BCUT2D eigenvalue weighted by Gasteiger charge is -2.37. The highest BCUT2D eigenvalue weighted by molar-refractivity contribution is 5.30. The topological polar surface area (TPSA) is 74.4 Å². The Morgan fingerprint density at radius 1 is 1.27 bits per heavy atom. The molecule has 2 N–H and O–H groups in total. The monoisotopic (exact) mass is 306 g/mol. The molecular formula is C15H19FN4O2. The van der Waals surface area contributed by atoms with Crippen LogP contribution in [-0.2, 0) is 6.54 Å². The Kier molecular flexibility index (Phi) is 4.19. The largest absolute Gasteiger partial charge is 0.393 e. The first-order valence-electron chi connectivity index (χ1n) is 7.31. The molecule has 0 radical (unpaired) electrons. The van der Waals surface area contributed by atoms with Gasteiger partial charge in [-0.3, -0.25) is 4.90 Å². The van der Waals surface area contributed by atoms with Gasteiger partial charge >= 0.3 is 0 Å². The standard InChI is InChI=1S/C15H19FN4O2/c16-12-2-4-14(5-3-12)20-9-13(17-18-20)8-19-7-1-6-15(22,10-19)11-21/h2-5,9,21-22H,1,6-8,10-11H2. The van der Waals surface area contributed by atoms with E-state index in [2.05, 4.69) is 15.2 Å². The van der Waals surface area contributed by atoms with Gasteiger partial charge in [-0.1, -0.05) is 5.21 Å². The maximum Gasteiger partial charge on any atom is 0.123 e. The van der Waals surface area contributed by atoms with Crippen molar-refractivity contribution in [2.75, 3.05) is 19.7 Å². The summed E-state index contributed by atoms with van der Waals surface area (Å²) in [5, 5.41) is 27.6. The van der Waals surface area contributed by atoms with Crippen molar-refractivity contribution in [2.24, 2.45) is 0 Å². The van der Waals surface area contributed by atoms with Gasteiger partial charge in [0.15, 0.2) is 0 Å². The van der Waals surface area contributed by atoms with Crippen LogP contribution in [0.25, 0.3) is 5.69 Å². The fraction of sp³-hybridized carbons (Fsp3) is 0.467. The quantitative estimate of drug-likeness (QED) is 0.871. The molecule has 0 aliphatic carbocycles. The molecule has 0 amide bonds. The van der Waals surface area contributed by atoms with Gasteiger partial charge in [-0.15, -0.1) is 5.10 Å². The fourth-order valence-corrected chi connectivity index (χ4v) is 2.79. The van der Waals surface area contributed by atoms with Crippen molar-refractivity contribution in [2.45, 2.75) is 25.0 Å². The summed E-state index contributed by atoms with van der Waals surface area (Å²) in [5.74, 6) is -0.291. The summed E-state index contributed by atoms with van der Waals surface area (Å²) >= 11 is 0. The fourth-order valence-electron chi connectivity index (χ4n) is 2.79. The van der Waals surface area contributed by atoms with E-state index in [1.807, 2.05) is 0 Å². The third-order valence-electron chi connectivity index (χ3n) is 3.95. The number of nitrogens with zero attached hydrogens (tertiary/aromatic N) is 4. The van der Waals surface area contributed by atoms with Gasteiger partial charge in [0.25, 0.3) is 0 Å². The Bertz CT molecular complexity index is 631. The Balaban J connectivity index is 1.68. The molecule has 1 unspecified atom stereocenters. The molecule has 1 aliphatic heterocycles. The third-order valence-corrected chi connectivity index (χ3v) is 3.95. The lowest BCUT2D eigenvalue weighted by molar-refractivity contribution is -0.0689. The molecule has 3 rings (SSSR count). The van der Waals surface area contributed by atoms with Crippen LogP contribution in [0.3, 0.4) is 0 Å². The number of aliphatic hydroxyl groups is 2. The van der Waals surface area contributed by atoms with Crippen LogP contribution < -0.4 is 0 Å². The van der Waals surface area contributed by atoms with Crippen LogP contribution in [0.15, 0.2) is 30.5 Å². The summed E-state index contributed by atoms with van der Waals surface area (Å²) in [6, 6.07) is 6.03. The average Bonchev–Trinajstić information content (AvgIpc) is 2.96. The minimum atomic E-state index is -1.02. The molecule has 1 fully saturated rings.